The minimum absolute atomic E-state index is 0.0923. The summed E-state index contributed by atoms with van der Waals surface area (Å²) < 4.78 is 42.4. The minimum atomic E-state index is -2.90. The zero-order chi connectivity index (χ0) is 25.2. The lowest BCUT2D eigenvalue weighted by Crippen LogP contribution is -2.48. The second-order valence-electron chi connectivity index (χ2n) is 8.23. The Bertz CT molecular complexity index is 1420. The molecule has 2 aromatic carbocycles. The highest BCUT2D eigenvalue weighted by molar-refractivity contribution is 6.34. The summed E-state index contributed by atoms with van der Waals surface area (Å²) in [6, 6.07) is 9.05. The first-order chi connectivity index (χ1) is 17.4. The van der Waals surface area contributed by atoms with Crippen molar-refractivity contribution >= 4 is 40.0 Å². The number of pyridine rings is 1. The number of alkyl halides is 2. The van der Waals surface area contributed by atoms with Gasteiger partial charge in [-0.05, 0) is 23.8 Å². The Labute approximate surface area is 209 Å². The van der Waals surface area contributed by atoms with E-state index in [-0.39, 0.29) is 28.7 Å². The molecule has 11 heteroatoms. The van der Waals surface area contributed by atoms with Crippen molar-refractivity contribution < 1.29 is 18.0 Å². The number of fused-ring (bicyclic) bond motifs is 1. The molecule has 4 aromatic rings. The maximum absolute atomic E-state index is 14.3. The van der Waals surface area contributed by atoms with Crippen LogP contribution in [0.5, 0.6) is 0 Å². The summed E-state index contributed by atoms with van der Waals surface area (Å²) in [5.41, 5.74) is 1.95. The van der Waals surface area contributed by atoms with Crippen LogP contribution >= 0.6 is 11.6 Å². The van der Waals surface area contributed by atoms with Gasteiger partial charge in [0.25, 0.3) is 6.43 Å². The van der Waals surface area contributed by atoms with E-state index in [9.17, 15) is 18.0 Å². The van der Waals surface area contributed by atoms with Crippen LogP contribution in [-0.4, -0.2) is 46.9 Å². The number of nitrogens with zero attached hydrogens (tertiary/aromatic N) is 4. The summed E-state index contributed by atoms with van der Waals surface area (Å²) in [5.74, 6) is -0.398. The van der Waals surface area contributed by atoms with Gasteiger partial charge < -0.3 is 15.5 Å². The molecular formula is C25H20ClF3N6O. The van der Waals surface area contributed by atoms with Gasteiger partial charge >= 0.3 is 0 Å². The van der Waals surface area contributed by atoms with Crippen molar-refractivity contribution in [1.29, 1.82) is 0 Å². The van der Waals surface area contributed by atoms with Crippen LogP contribution in [0.25, 0.3) is 22.0 Å². The summed E-state index contributed by atoms with van der Waals surface area (Å²) in [4.78, 5) is 26.5. The van der Waals surface area contributed by atoms with E-state index >= 15 is 0 Å². The molecule has 2 N–H and O–H groups in total. The largest absolute Gasteiger partial charge is 0.371 e. The topological polar surface area (TPSA) is 83.0 Å². The number of piperazine rings is 1. The summed E-state index contributed by atoms with van der Waals surface area (Å²) in [6.07, 6.45) is 1.72. The Morgan fingerprint density at radius 2 is 1.81 bits per heavy atom. The maximum atomic E-state index is 14.3. The highest BCUT2D eigenvalue weighted by atomic mass is 35.5. The minimum Gasteiger partial charge on any atom is -0.371 e. The number of rotatable bonds is 6. The van der Waals surface area contributed by atoms with Gasteiger partial charge in [-0.2, -0.15) is 0 Å². The normalized spacial score (nSPS) is 14.7. The van der Waals surface area contributed by atoms with Crippen LogP contribution in [0.1, 0.15) is 11.6 Å². The van der Waals surface area contributed by atoms with E-state index in [1.165, 1.54) is 24.4 Å². The van der Waals surface area contributed by atoms with Crippen LogP contribution in [-0.2, 0) is 4.79 Å². The summed E-state index contributed by atoms with van der Waals surface area (Å²) in [7, 11) is 0. The number of halogens is 4. The van der Waals surface area contributed by atoms with E-state index in [0.29, 0.717) is 41.1 Å². The average Bonchev–Trinajstić information content (AvgIpc) is 2.88. The Morgan fingerprint density at radius 1 is 1.03 bits per heavy atom. The SMILES string of the molecule is O=C1CN(c2ncc(-c3ccc4ncc(Cl)c(NC(c5ccccc5F)C(F)F)c4c3)cn2)CCN1. The van der Waals surface area contributed by atoms with Crippen molar-refractivity contribution in [2.45, 2.75) is 12.5 Å². The summed E-state index contributed by atoms with van der Waals surface area (Å²) in [6.45, 7) is 1.31. The van der Waals surface area contributed by atoms with Crippen molar-refractivity contribution in [2.24, 2.45) is 0 Å². The first kappa shape index (κ1) is 23.8. The van der Waals surface area contributed by atoms with E-state index in [0.717, 1.165) is 6.07 Å². The standard InChI is InChI=1S/C25H20ClF3N6O/c26-18-12-31-20-6-5-14(15-10-32-25(33-11-15)35-8-7-30-21(36)13-35)9-17(20)22(18)34-23(24(28)29)16-3-1-2-4-19(16)27/h1-6,9-12,23-24H,7-8,13H2,(H,30,36)(H,31,34). The molecule has 0 aliphatic carbocycles. The first-order valence-corrected chi connectivity index (χ1v) is 11.5. The maximum Gasteiger partial charge on any atom is 0.262 e. The third kappa shape index (κ3) is 4.76. The number of benzene rings is 2. The zero-order valence-electron chi connectivity index (χ0n) is 18.8. The van der Waals surface area contributed by atoms with Gasteiger partial charge in [0.05, 0.1) is 22.8 Å². The molecule has 1 saturated heterocycles. The second-order valence-corrected chi connectivity index (χ2v) is 8.64. The Hall–Kier alpha value is -3.92. The fraction of sp³-hybridized carbons (Fsp3) is 0.200. The lowest BCUT2D eigenvalue weighted by molar-refractivity contribution is -0.120. The third-order valence-corrected chi connectivity index (χ3v) is 6.19. The van der Waals surface area contributed by atoms with Gasteiger partial charge in [0.2, 0.25) is 11.9 Å². The fourth-order valence-corrected chi connectivity index (χ4v) is 4.30. The number of amides is 1. The van der Waals surface area contributed by atoms with Crippen LogP contribution in [0.4, 0.5) is 24.8 Å². The van der Waals surface area contributed by atoms with E-state index in [2.05, 4.69) is 25.6 Å². The van der Waals surface area contributed by atoms with Crippen LogP contribution in [0.3, 0.4) is 0 Å². The van der Waals surface area contributed by atoms with E-state index < -0.39 is 18.3 Å². The molecule has 1 aliphatic rings. The van der Waals surface area contributed by atoms with Crippen LogP contribution in [0.15, 0.2) is 61.1 Å². The van der Waals surface area contributed by atoms with Gasteiger partial charge in [-0.25, -0.2) is 23.1 Å². The number of carbonyl (C=O) groups is 1. The van der Waals surface area contributed by atoms with Crippen LogP contribution in [0.2, 0.25) is 5.02 Å². The van der Waals surface area contributed by atoms with Crippen LogP contribution < -0.4 is 15.5 Å². The van der Waals surface area contributed by atoms with Crippen molar-refractivity contribution in [3.63, 3.8) is 0 Å². The molecule has 1 unspecified atom stereocenters. The monoisotopic (exact) mass is 512 g/mol. The van der Waals surface area contributed by atoms with Gasteiger partial charge in [0, 0.05) is 48.2 Å². The summed E-state index contributed by atoms with van der Waals surface area (Å²) in [5, 5.41) is 6.10. The number of hydrogen-bond donors (Lipinski definition) is 2. The molecule has 0 spiro atoms. The van der Waals surface area contributed by atoms with Crippen molar-refractivity contribution in [1.82, 2.24) is 20.3 Å². The second kappa shape index (κ2) is 9.98. The highest BCUT2D eigenvalue weighted by Gasteiger charge is 2.27. The van der Waals surface area contributed by atoms with Crippen molar-refractivity contribution in [3.8, 4) is 11.1 Å². The Kier molecular flexibility index (Phi) is 6.60. The highest BCUT2D eigenvalue weighted by Crippen LogP contribution is 2.37. The molecule has 2 aromatic heterocycles. The molecule has 1 atom stereocenters. The van der Waals surface area contributed by atoms with Gasteiger partial charge in [-0.15, -0.1) is 0 Å². The molecule has 0 bridgehead atoms. The van der Waals surface area contributed by atoms with Crippen molar-refractivity contribution in [2.75, 3.05) is 29.9 Å². The van der Waals surface area contributed by atoms with Gasteiger partial charge in [-0.1, -0.05) is 35.9 Å². The quantitative estimate of drug-likeness (QED) is 0.385. The van der Waals surface area contributed by atoms with Gasteiger partial charge in [-0.3, -0.25) is 9.78 Å². The number of hydrogen-bond acceptors (Lipinski definition) is 6. The average molecular weight is 513 g/mol. The molecule has 1 fully saturated rings. The van der Waals surface area contributed by atoms with E-state index in [4.69, 9.17) is 11.6 Å². The van der Waals surface area contributed by atoms with Crippen molar-refractivity contribution in [3.05, 3.63) is 77.5 Å². The van der Waals surface area contributed by atoms with E-state index in [1.807, 2.05) is 0 Å². The summed E-state index contributed by atoms with van der Waals surface area (Å²) >= 11 is 6.37. The number of anilines is 2. The predicted molar refractivity (Wildman–Crippen MR) is 132 cm³/mol. The lowest BCUT2D eigenvalue weighted by Gasteiger charge is -2.26. The van der Waals surface area contributed by atoms with Gasteiger partial charge in [0.15, 0.2) is 0 Å². The molecule has 3 heterocycles. The smallest absolute Gasteiger partial charge is 0.262 e. The molecule has 7 nitrogen and oxygen atoms in total. The molecule has 5 rings (SSSR count). The zero-order valence-corrected chi connectivity index (χ0v) is 19.5. The third-order valence-electron chi connectivity index (χ3n) is 5.91. The van der Waals surface area contributed by atoms with Crippen LogP contribution in [0, 0.1) is 5.82 Å². The molecule has 1 amide bonds. The lowest BCUT2D eigenvalue weighted by atomic mass is 10.0. The van der Waals surface area contributed by atoms with E-state index in [1.54, 1.807) is 35.5 Å². The van der Waals surface area contributed by atoms with Gasteiger partial charge in [0.1, 0.15) is 11.9 Å². The molecular weight excluding hydrogens is 493 g/mol. The Balaban J connectivity index is 1.50. The molecule has 1 aliphatic heterocycles. The molecule has 0 radical (unpaired) electrons. The molecule has 0 saturated carbocycles. The first-order valence-electron chi connectivity index (χ1n) is 11.1. The molecule has 184 valence electrons. The molecule has 36 heavy (non-hydrogen) atoms. The number of carbonyl (C=O) groups excluding carboxylic acids is 1. The fourth-order valence-electron chi connectivity index (χ4n) is 4.10. The number of nitrogens with one attached hydrogen (secondary N) is 2. The predicted octanol–water partition coefficient (Wildman–Crippen LogP) is 4.84. The number of aromatic nitrogens is 3. The Morgan fingerprint density at radius 3 is 2.53 bits per heavy atom.